The van der Waals surface area contributed by atoms with Crippen LogP contribution in [0.1, 0.15) is 22.6 Å². The summed E-state index contributed by atoms with van der Waals surface area (Å²) in [7, 11) is 1.55. The van der Waals surface area contributed by atoms with E-state index in [0.717, 1.165) is 33.5 Å². The number of thiazole rings is 1. The molecule has 182 valence electrons. The van der Waals surface area contributed by atoms with Crippen LogP contribution < -0.4 is 20.4 Å². The van der Waals surface area contributed by atoms with E-state index in [4.69, 9.17) is 9.15 Å². The Kier molecular flexibility index (Phi) is 5.92. The van der Waals surface area contributed by atoms with Gasteiger partial charge >= 0.3 is 6.18 Å². The average Bonchev–Trinajstić information content (AvgIpc) is 3.44. The number of nitrogens with zero attached hydrogens (tertiary/aromatic N) is 3. The molecule has 0 aliphatic carbocycles. The Hall–Kier alpha value is -4.25. The van der Waals surface area contributed by atoms with Crippen LogP contribution in [0.2, 0.25) is 0 Å². The summed E-state index contributed by atoms with van der Waals surface area (Å²) in [6, 6.07) is 14.9. The van der Waals surface area contributed by atoms with Crippen LogP contribution in [0.4, 0.5) is 13.2 Å². The topological polar surface area (TPSA) is 86.7 Å². The summed E-state index contributed by atoms with van der Waals surface area (Å²) in [5, 5.41) is 4.21. The van der Waals surface area contributed by atoms with E-state index in [2.05, 4.69) is 10.1 Å². The van der Waals surface area contributed by atoms with Gasteiger partial charge in [0.05, 0.1) is 12.7 Å². The van der Waals surface area contributed by atoms with Gasteiger partial charge in [0.1, 0.15) is 27.5 Å². The highest BCUT2D eigenvalue weighted by Gasteiger charge is 2.30. The predicted octanol–water partition coefficient (Wildman–Crippen LogP) is 3.94. The fourth-order valence-electron chi connectivity index (χ4n) is 3.55. The van der Waals surface area contributed by atoms with Gasteiger partial charge in [-0.3, -0.25) is 9.59 Å². The summed E-state index contributed by atoms with van der Waals surface area (Å²) in [5.74, 6) is 1.15. The first-order valence-corrected chi connectivity index (χ1v) is 11.4. The average molecular weight is 511 g/mol. The maximum Gasteiger partial charge on any atom is 0.416 e. The minimum absolute atomic E-state index is 0.115. The lowest BCUT2D eigenvalue weighted by Gasteiger charge is -2.07. The Balaban J connectivity index is 1.48. The van der Waals surface area contributed by atoms with Crippen molar-refractivity contribution in [3.8, 4) is 17.1 Å². The zero-order valence-corrected chi connectivity index (χ0v) is 19.4. The fourth-order valence-corrected chi connectivity index (χ4v) is 4.44. The molecule has 0 aliphatic rings. The van der Waals surface area contributed by atoms with Crippen molar-refractivity contribution in [2.45, 2.75) is 12.6 Å². The van der Waals surface area contributed by atoms with Crippen LogP contribution in [0.5, 0.6) is 5.75 Å². The quantitative estimate of drug-likeness (QED) is 0.355. The molecular formula is C25H16F3N3O4S. The highest BCUT2D eigenvalue weighted by Crippen LogP contribution is 2.32. The predicted molar refractivity (Wildman–Crippen MR) is 127 cm³/mol. The van der Waals surface area contributed by atoms with Crippen molar-refractivity contribution in [3.05, 3.63) is 108 Å². The van der Waals surface area contributed by atoms with Gasteiger partial charge in [0.25, 0.3) is 11.1 Å². The largest absolute Gasteiger partial charge is 0.497 e. The van der Waals surface area contributed by atoms with Gasteiger partial charge in [0.15, 0.2) is 0 Å². The lowest BCUT2D eigenvalue weighted by molar-refractivity contribution is -0.137. The molecule has 0 aliphatic heterocycles. The molecule has 3 aromatic heterocycles. The number of hydrogen-bond donors (Lipinski definition) is 0. The van der Waals surface area contributed by atoms with E-state index in [9.17, 15) is 22.8 Å². The third kappa shape index (κ3) is 4.65. The number of fused-ring (bicyclic) bond motifs is 1. The smallest absolute Gasteiger partial charge is 0.416 e. The van der Waals surface area contributed by atoms with E-state index in [0.29, 0.717) is 5.75 Å². The maximum atomic E-state index is 13.0. The molecule has 0 radical (unpaired) electrons. The van der Waals surface area contributed by atoms with Crippen LogP contribution >= 0.6 is 11.3 Å². The molecule has 0 bridgehead atoms. The van der Waals surface area contributed by atoms with Crippen molar-refractivity contribution in [3.63, 3.8) is 0 Å². The van der Waals surface area contributed by atoms with E-state index in [1.165, 1.54) is 24.3 Å². The lowest BCUT2D eigenvalue weighted by Crippen LogP contribution is -2.28. The Morgan fingerprint density at radius 1 is 1.08 bits per heavy atom. The van der Waals surface area contributed by atoms with Crippen LogP contribution in [0.15, 0.2) is 74.7 Å². The van der Waals surface area contributed by atoms with E-state index >= 15 is 0 Å². The summed E-state index contributed by atoms with van der Waals surface area (Å²) in [6.45, 7) is 0. The van der Waals surface area contributed by atoms with Crippen LogP contribution in [0.25, 0.3) is 22.4 Å². The van der Waals surface area contributed by atoms with Gasteiger partial charge < -0.3 is 9.15 Å². The minimum Gasteiger partial charge on any atom is -0.497 e. The molecule has 0 saturated heterocycles. The number of halogens is 3. The number of furan rings is 1. The van der Waals surface area contributed by atoms with Gasteiger partial charge in [-0.05, 0) is 42.0 Å². The van der Waals surface area contributed by atoms with Crippen molar-refractivity contribution in [2.24, 2.45) is 0 Å². The second-order valence-corrected chi connectivity index (χ2v) is 8.79. The SMILES string of the molecule is COc1ccc(Cc2nn3c(=O)/c(=C/c4ccc(-c5cccc(C(F)(F)F)c5)o4)sc3nc2=O)cc1. The number of rotatable bonds is 5. The number of hydrogen-bond acceptors (Lipinski definition) is 7. The molecule has 0 fully saturated rings. The Bertz CT molecular complexity index is 1740. The molecule has 2 aromatic carbocycles. The van der Waals surface area contributed by atoms with E-state index < -0.39 is 22.9 Å². The molecular weight excluding hydrogens is 495 g/mol. The van der Waals surface area contributed by atoms with Crippen molar-refractivity contribution in [2.75, 3.05) is 7.11 Å². The molecule has 5 rings (SSSR count). The zero-order valence-electron chi connectivity index (χ0n) is 18.6. The molecule has 0 spiro atoms. The number of ether oxygens (including phenoxy) is 1. The zero-order chi connectivity index (χ0) is 25.4. The van der Waals surface area contributed by atoms with Crippen molar-refractivity contribution in [1.29, 1.82) is 0 Å². The maximum absolute atomic E-state index is 13.0. The second-order valence-electron chi connectivity index (χ2n) is 7.78. The van der Waals surface area contributed by atoms with Crippen LogP contribution in [-0.4, -0.2) is 21.7 Å². The summed E-state index contributed by atoms with van der Waals surface area (Å²) in [6.07, 6.45) is -2.85. The molecule has 0 saturated carbocycles. The second kappa shape index (κ2) is 9.08. The van der Waals surface area contributed by atoms with Gasteiger partial charge in [0, 0.05) is 18.1 Å². The van der Waals surface area contributed by atoms with E-state index in [1.807, 2.05) is 0 Å². The Morgan fingerprint density at radius 2 is 1.86 bits per heavy atom. The third-order valence-electron chi connectivity index (χ3n) is 5.36. The molecule has 3 heterocycles. The van der Waals surface area contributed by atoms with E-state index in [-0.39, 0.29) is 38.7 Å². The summed E-state index contributed by atoms with van der Waals surface area (Å²) in [4.78, 5) is 29.5. The fraction of sp³-hybridized carbons (Fsp3) is 0.120. The summed E-state index contributed by atoms with van der Waals surface area (Å²) >= 11 is 0.960. The van der Waals surface area contributed by atoms with E-state index in [1.54, 1.807) is 37.4 Å². The van der Waals surface area contributed by atoms with Crippen molar-refractivity contribution in [1.82, 2.24) is 14.6 Å². The molecule has 11 heteroatoms. The molecule has 0 amide bonds. The summed E-state index contributed by atoms with van der Waals surface area (Å²) < 4.78 is 51.1. The Labute approximate surface area is 204 Å². The van der Waals surface area contributed by atoms with Gasteiger partial charge in [0.2, 0.25) is 4.96 Å². The molecule has 0 unspecified atom stereocenters. The highest BCUT2D eigenvalue weighted by molar-refractivity contribution is 7.15. The first kappa shape index (κ1) is 23.5. The number of benzene rings is 2. The first-order chi connectivity index (χ1) is 17.2. The monoisotopic (exact) mass is 511 g/mol. The van der Waals surface area contributed by atoms with Gasteiger partial charge in [-0.15, -0.1) is 0 Å². The number of alkyl halides is 3. The molecule has 36 heavy (non-hydrogen) atoms. The van der Waals surface area contributed by atoms with Gasteiger partial charge in [-0.2, -0.15) is 27.8 Å². The number of methoxy groups -OCH3 is 1. The van der Waals surface area contributed by atoms with Crippen molar-refractivity contribution >= 4 is 22.4 Å². The van der Waals surface area contributed by atoms with Gasteiger partial charge in [-0.25, -0.2) is 0 Å². The number of aromatic nitrogens is 3. The standard InChI is InChI=1S/C25H16F3N3O4S/c1-34-17-7-5-14(6-8-17)11-19-22(32)29-24-31(30-19)23(33)21(36-24)13-18-9-10-20(35-18)15-3-2-4-16(12-15)25(26,27)28/h2-10,12-13H,11H2,1H3/b21-13-. The third-order valence-corrected chi connectivity index (χ3v) is 6.31. The molecule has 5 aromatic rings. The highest BCUT2D eigenvalue weighted by atomic mass is 32.1. The van der Waals surface area contributed by atoms with Crippen LogP contribution in [0.3, 0.4) is 0 Å². The van der Waals surface area contributed by atoms with Crippen LogP contribution in [-0.2, 0) is 12.6 Å². The van der Waals surface area contributed by atoms with Crippen molar-refractivity contribution < 1.29 is 22.3 Å². The normalized spacial score (nSPS) is 12.4. The summed E-state index contributed by atoms with van der Waals surface area (Å²) in [5.41, 5.74) is -0.655. The minimum atomic E-state index is -4.48. The molecule has 0 atom stereocenters. The van der Waals surface area contributed by atoms with Crippen LogP contribution in [0, 0.1) is 0 Å². The molecule has 0 N–H and O–H groups in total. The lowest BCUT2D eigenvalue weighted by atomic mass is 10.1. The first-order valence-electron chi connectivity index (χ1n) is 10.6. The Morgan fingerprint density at radius 3 is 2.58 bits per heavy atom. The molecule has 7 nitrogen and oxygen atoms in total. The van der Waals surface area contributed by atoms with Gasteiger partial charge in [-0.1, -0.05) is 35.6 Å².